The quantitative estimate of drug-likeness (QED) is 0.815. The molecule has 0 saturated heterocycles. The summed E-state index contributed by atoms with van der Waals surface area (Å²) in [6.07, 6.45) is 1.33. The Hall–Kier alpha value is -1.66. The summed E-state index contributed by atoms with van der Waals surface area (Å²) >= 11 is 5.72. The number of aromatic nitrogens is 1. The molecule has 7 heteroatoms. The molecule has 0 atom stereocenters. The van der Waals surface area contributed by atoms with Crippen LogP contribution in [-0.2, 0) is 10.0 Å². The minimum absolute atomic E-state index is 0.0451. The van der Waals surface area contributed by atoms with Gasteiger partial charge in [0.25, 0.3) is 10.0 Å². The van der Waals surface area contributed by atoms with Gasteiger partial charge in [-0.2, -0.15) is 0 Å². The second-order valence-electron chi connectivity index (χ2n) is 3.96. The molecule has 106 valence electrons. The lowest BCUT2D eigenvalue weighted by atomic mass is 10.3. The number of rotatable bonds is 4. The van der Waals surface area contributed by atoms with Crippen LogP contribution in [0, 0.1) is 5.82 Å². The average molecular weight is 315 g/mol. The van der Waals surface area contributed by atoms with E-state index in [9.17, 15) is 12.8 Å². The van der Waals surface area contributed by atoms with Gasteiger partial charge in [0, 0.05) is 12.7 Å². The van der Waals surface area contributed by atoms with E-state index in [4.69, 9.17) is 11.6 Å². The fourth-order valence-corrected chi connectivity index (χ4v) is 3.50. The SMILES string of the molecule is CCN(c1ccc(F)cc1)S(=O)(=O)c1ccnc(Cl)c1. The normalized spacial score (nSPS) is 11.3. The highest BCUT2D eigenvalue weighted by Gasteiger charge is 2.23. The molecule has 1 aromatic carbocycles. The Morgan fingerprint density at radius 2 is 1.90 bits per heavy atom. The van der Waals surface area contributed by atoms with Crippen LogP contribution >= 0.6 is 11.6 Å². The van der Waals surface area contributed by atoms with Gasteiger partial charge >= 0.3 is 0 Å². The van der Waals surface area contributed by atoms with Crippen molar-refractivity contribution in [2.24, 2.45) is 0 Å². The van der Waals surface area contributed by atoms with Crippen LogP contribution in [0.25, 0.3) is 0 Å². The Morgan fingerprint density at radius 1 is 1.25 bits per heavy atom. The van der Waals surface area contributed by atoms with Crippen LogP contribution in [0.2, 0.25) is 5.15 Å². The van der Waals surface area contributed by atoms with Crippen molar-refractivity contribution >= 4 is 27.3 Å². The van der Waals surface area contributed by atoms with Crippen molar-refractivity contribution < 1.29 is 12.8 Å². The van der Waals surface area contributed by atoms with E-state index in [1.807, 2.05) is 0 Å². The first-order valence-corrected chi connectivity index (χ1v) is 7.67. The Bertz CT molecular complexity index is 705. The van der Waals surface area contributed by atoms with Gasteiger partial charge in [-0.05, 0) is 43.3 Å². The molecule has 0 bridgehead atoms. The van der Waals surface area contributed by atoms with Gasteiger partial charge < -0.3 is 0 Å². The van der Waals surface area contributed by atoms with Crippen LogP contribution < -0.4 is 4.31 Å². The number of anilines is 1. The van der Waals surface area contributed by atoms with Crippen LogP contribution in [0.4, 0.5) is 10.1 Å². The summed E-state index contributed by atoms with van der Waals surface area (Å²) in [6, 6.07) is 7.91. The zero-order valence-electron chi connectivity index (χ0n) is 10.6. The lowest BCUT2D eigenvalue weighted by Crippen LogP contribution is -2.30. The molecule has 0 amide bonds. The highest BCUT2D eigenvalue weighted by molar-refractivity contribution is 7.92. The lowest BCUT2D eigenvalue weighted by molar-refractivity contribution is 0.591. The summed E-state index contributed by atoms with van der Waals surface area (Å²) in [5.41, 5.74) is 0.391. The van der Waals surface area contributed by atoms with Crippen LogP contribution in [0.3, 0.4) is 0 Å². The Balaban J connectivity index is 2.47. The monoisotopic (exact) mass is 314 g/mol. The molecular formula is C13H12ClFN2O2S. The molecule has 0 radical (unpaired) electrons. The van der Waals surface area contributed by atoms with Crippen molar-refractivity contribution in [3.63, 3.8) is 0 Å². The highest BCUT2D eigenvalue weighted by atomic mass is 35.5. The zero-order valence-corrected chi connectivity index (χ0v) is 12.2. The number of pyridine rings is 1. The maximum atomic E-state index is 12.9. The molecule has 1 heterocycles. The van der Waals surface area contributed by atoms with Gasteiger partial charge in [0.1, 0.15) is 11.0 Å². The summed E-state index contributed by atoms with van der Waals surface area (Å²) in [7, 11) is -3.75. The molecular weight excluding hydrogens is 303 g/mol. The van der Waals surface area contributed by atoms with E-state index in [0.717, 1.165) is 0 Å². The predicted octanol–water partition coefficient (Wildman–Crippen LogP) is 3.09. The fourth-order valence-electron chi connectivity index (χ4n) is 1.77. The zero-order chi connectivity index (χ0) is 14.8. The van der Waals surface area contributed by atoms with Crippen molar-refractivity contribution in [2.45, 2.75) is 11.8 Å². The molecule has 4 nitrogen and oxygen atoms in total. The fraction of sp³-hybridized carbons (Fsp3) is 0.154. The largest absolute Gasteiger partial charge is 0.267 e. The topological polar surface area (TPSA) is 50.3 Å². The molecule has 0 N–H and O–H groups in total. The molecule has 0 unspecified atom stereocenters. The van der Waals surface area contributed by atoms with E-state index in [0.29, 0.717) is 5.69 Å². The molecule has 0 saturated carbocycles. The number of sulfonamides is 1. The first-order valence-electron chi connectivity index (χ1n) is 5.85. The van der Waals surface area contributed by atoms with Crippen LogP contribution in [-0.4, -0.2) is 19.9 Å². The minimum Gasteiger partial charge on any atom is -0.267 e. The first-order chi connectivity index (χ1) is 9.45. The van der Waals surface area contributed by atoms with E-state index < -0.39 is 15.8 Å². The molecule has 0 aliphatic carbocycles. The van der Waals surface area contributed by atoms with Crippen molar-refractivity contribution in [1.82, 2.24) is 4.98 Å². The van der Waals surface area contributed by atoms with Gasteiger partial charge in [-0.15, -0.1) is 0 Å². The third-order valence-corrected chi connectivity index (χ3v) is 4.79. The average Bonchev–Trinajstić information content (AvgIpc) is 2.41. The van der Waals surface area contributed by atoms with E-state index in [2.05, 4.69) is 4.98 Å². The molecule has 1 aromatic heterocycles. The molecule has 20 heavy (non-hydrogen) atoms. The van der Waals surface area contributed by atoms with Gasteiger partial charge in [-0.3, -0.25) is 4.31 Å². The van der Waals surface area contributed by atoms with E-state index in [1.165, 1.54) is 46.9 Å². The summed E-state index contributed by atoms with van der Waals surface area (Å²) in [5, 5.41) is 0.0984. The Labute approximate surface area is 121 Å². The lowest BCUT2D eigenvalue weighted by Gasteiger charge is -2.22. The van der Waals surface area contributed by atoms with Crippen LogP contribution in [0.15, 0.2) is 47.5 Å². The maximum Gasteiger partial charge on any atom is 0.264 e. The van der Waals surface area contributed by atoms with Crippen molar-refractivity contribution in [2.75, 3.05) is 10.8 Å². The highest BCUT2D eigenvalue weighted by Crippen LogP contribution is 2.24. The molecule has 0 spiro atoms. The third kappa shape index (κ3) is 2.91. The van der Waals surface area contributed by atoms with Gasteiger partial charge in [0.2, 0.25) is 0 Å². The molecule has 2 rings (SSSR count). The molecule has 0 aliphatic rings. The predicted molar refractivity (Wildman–Crippen MR) is 75.9 cm³/mol. The van der Waals surface area contributed by atoms with E-state index in [1.54, 1.807) is 6.92 Å². The van der Waals surface area contributed by atoms with Crippen LogP contribution in [0.5, 0.6) is 0 Å². The summed E-state index contributed by atoms with van der Waals surface area (Å²) in [6.45, 7) is 1.91. The van der Waals surface area contributed by atoms with E-state index >= 15 is 0 Å². The second kappa shape index (κ2) is 5.76. The smallest absolute Gasteiger partial charge is 0.264 e. The Morgan fingerprint density at radius 3 is 2.45 bits per heavy atom. The summed E-state index contributed by atoms with van der Waals surface area (Å²) in [4.78, 5) is 3.80. The van der Waals surface area contributed by atoms with Gasteiger partial charge in [-0.1, -0.05) is 11.6 Å². The van der Waals surface area contributed by atoms with Gasteiger partial charge in [-0.25, -0.2) is 17.8 Å². The van der Waals surface area contributed by atoms with Crippen molar-refractivity contribution in [3.8, 4) is 0 Å². The maximum absolute atomic E-state index is 12.9. The summed E-state index contributed by atoms with van der Waals surface area (Å²) < 4.78 is 39.2. The van der Waals surface area contributed by atoms with Crippen molar-refractivity contribution in [3.05, 3.63) is 53.6 Å². The third-order valence-electron chi connectivity index (χ3n) is 2.69. The van der Waals surface area contributed by atoms with Crippen LogP contribution in [0.1, 0.15) is 6.92 Å². The number of hydrogen-bond acceptors (Lipinski definition) is 3. The number of benzene rings is 1. The van der Waals surface area contributed by atoms with Crippen molar-refractivity contribution in [1.29, 1.82) is 0 Å². The standard InChI is InChI=1S/C13H12ClFN2O2S/c1-2-17(11-5-3-10(15)4-6-11)20(18,19)12-7-8-16-13(14)9-12/h3-9H,2H2,1H3. The first kappa shape index (κ1) is 14.7. The van der Waals surface area contributed by atoms with Gasteiger partial charge in [0.15, 0.2) is 0 Å². The number of halogens is 2. The van der Waals surface area contributed by atoms with Gasteiger partial charge in [0.05, 0.1) is 10.6 Å². The second-order valence-corrected chi connectivity index (χ2v) is 6.21. The number of nitrogens with zero attached hydrogens (tertiary/aromatic N) is 2. The Kier molecular flexibility index (Phi) is 4.25. The minimum atomic E-state index is -3.75. The molecule has 2 aromatic rings. The number of hydrogen-bond donors (Lipinski definition) is 0. The summed E-state index contributed by atoms with van der Waals surface area (Å²) in [5.74, 6) is -0.422. The molecule has 0 aliphatic heterocycles. The van der Waals surface area contributed by atoms with E-state index in [-0.39, 0.29) is 16.6 Å². The molecule has 0 fully saturated rings.